The van der Waals surface area contributed by atoms with Gasteiger partial charge in [-0.25, -0.2) is 0 Å². The fourth-order valence-electron chi connectivity index (χ4n) is 7.28. The Hall–Kier alpha value is -2.54. The van der Waals surface area contributed by atoms with Gasteiger partial charge >= 0.3 is 11.9 Å². The molecule has 0 aromatic heterocycles. The van der Waals surface area contributed by atoms with Crippen molar-refractivity contribution >= 4 is 11.9 Å². The normalized spacial score (nSPS) is 27.0. The number of hydrogen-bond acceptors (Lipinski definition) is 15. The van der Waals surface area contributed by atoms with Crippen molar-refractivity contribution in [2.24, 2.45) is 0 Å². The van der Waals surface area contributed by atoms with Gasteiger partial charge < -0.3 is 64.2 Å². The van der Waals surface area contributed by atoms with Crippen LogP contribution in [0.5, 0.6) is 0 Å². The van der Waals surface area contributed by atoms with Crippen molar-refractivity contribution in [3.63, 3.8) is 0 Å². The third-order valence-corrected chi connectivity index (χ3v) is 11.3. The van der Waals surface area contributed by atoms with E-state index in [0.29, 0.717) is 12.8 Å². The van der Waals surface area contributed by atoms with Gasteiger partial charge in [0.1, 0.15) is 55.4 Å². The van der Waals surface area contributed by atoms with E-state index in [1.807, 2.05) is 0 Å². The van der Waals surface area contributed by atoms with Crippen LogP contribution in [-0.4, -0.2) is 142 Å². The lowest BCUT2D eigenvalue weighted by Gasteiger charge is -2.42. The van der Waals surface area contributed by atoms with Crippen molar-refractivity contribution in [1.82, 2.24) is 0 Å². The molecule has 0 spiro atoms. The van der Waals surface area contributed by atoms with Crippen LogP contribution in [0, 0.1) is 0 Å². The Morgan fingerprint density at radius 2 is 0.984 bits per heavy atom. The first-order valence-electron chi connectivity index (χ1n) is 24.2. The number of ether oxygens (including phenoxy) is 6. The van der Waals surface area contributed by atoms with E-state index in [0.717, 1.165) is 89.9 Å². The second kappa shape index (κ2) is 36.6. The van der Waals surface area contributed by atoms with E-state index >= 15 is 0 Å². The monoisotopic (exact) mass is 913 g/mol. The highest BCUT2D eigenvalue weighted by molar-refractivity contribution is 5.70. The second-order valence-electron chi connectivity index (χ2n) is 16.9. The van der Waals surface area contributed by atoms with Crippen LogP contribution in [0.1, 0.15) is 155 Å². The molecule has 0 amide bonds. The van der Waals surface area contributed by atoms with Gasteiger partial charge in [-0.15, -0.1) is 0 Å². The lowest BCUT2D eigenvalue weighted by molar-refractivity contribution is -0.332. The minimum absolute atomic E-state index is 0.143. The summed E-state index contributed by atoms with van der Waals surface area (Å²) in [5.41, 5.74) is 0. The summed E-state index contributed by atoms with van der Waals surface area (Å²) in [6, 6.07) is 0. The van der Waals surface area contributed by atoms with Gasteiger partial charge in [0.05, 0.1) is 19.8 Å². The number of aliphatic hydroxyl groups excluding tert-OH is 7. The number of carbonyl (C=O) groups excluding carboxylic acids is 2. The summed E-state index contributed by atoms with van der Waals surface area (Å²) >= 11 is 0. The number of unbranched alkanes of at least 4 members (excludes halogenated alkanes) is 14. The van der Waals surface area contributed by atoms with E-state index < -0.39 is 99.3 Å². The first-order valence-corrected chi connectivity index (χ1v) is 24.2. The van der Waals surface area contributed by atoms with Crippen LogP contribution >= 0.6 is 0 Å². The number of aliphatic hydroxyl groups is 7. The molecule has 2 rings (SSSR count). The molecule has 2 heterocycles. The topological polar surface area (TPSA) is 231 Å². The summed E-state index contributed by atoms with van der Waals surface area (Å²) in [5, 5.41) is 71.9. The van der Waals surface area contributed by atoms with Crippen LogP contribution < -0.4 is 0 Å². The van der Waals surface area contributed by atoms with E-state index in [9.17, 15) is 45.3 Å². The average Bonchev–Trinajstić information content (AvgIpc) is 3.29. The van der Waals surface area contributed by atoms with Crippen LogP contribution in [-0.2, 0) is 38.0 Å². The Morgan fingerprint density at radius 1 is 0.516 bits per heavy atom. The molecule has 64 heavy (non-hydrogen) atoms. The van der Waals surface area contributed by atoms with Gasteiger partial charge in [-0.3, -0.25) is 9.59 Å². The molecule has 2 fully saturated rings. The van der Waals surface area contributed by atoms with E-state index in [-0.39, 0.29) is 19.4 Å². The maximum absolute atomic E-state index is 13.0. The van der Waals surface area contributed by atoms with Crippen LogP contribution in [0.15, 0.2) is 48.6 Å². The van der Waals surface area contributed by atoms with Gasteiger partial charge in [0.15, 0.2) is 18.7 Å². The molecule has 2 aliphatic rings. The lowest BCUT2D eigenvalue weighted by Crippen LogP contribution is -2.61. The molecule has 7 N–H and O–H groups in total. The highest BCUT2D eigenvalue weighted by atomic mass is 16.7. The molecule has 0 bridgehead atoms. The van der Waals surface area contributed by atoms with Crippen LogP contribution in [0.2, 0.25) is 0 Å². The first-order chi connectivity index (χ1) is 31.0. The maximum Gasteiger partial charge on any atom is 0.306 e. The summed E-state index contributed by atoms with van der Waals surface area (Å²) < 4.78 is 33.5. The zero-order valence-electron chi connectivity index (χ0n) is 38.8. The van der Waals surface area contributed by atoms with Crippen LogP contribution in [0.25, 0.3) is 0 Å². The minimum atomic E-state index is -1.77. The third-order valence-electron chi connectivity index (χ3n) is 11.3. The molecule has 2 aliphatic heterocycles. The molecule has 0 aromatic carbocycles. The molecule has 0 radical (unpaired) electrons. The van der Waals surface area contributed by atoms with Crippen molar-refractivity contribution in [2.75, 3.05) is 26.4 Å². The van der Waals surface area contributed by atoms with E-state index in [4.69, 9.17) is 28.4 Å². The van der Waals surface area contributed by atoms with Gasteiger partial charge in [-0.2, -0.15) is 0 Å². The van der Waals surface area contributed by atoms with Gasteiger partial charge in [0, 0.05) is 12.8 Å². The highest BCUT2D eigenvalue weighted by Crippen LogP contribution is 2.26. The fourth-order valence-corrected chi connectivity index (χ4v) is 7.28. The molecular weight excluding hydrogens is 829 g/mol. The molecule has 0 saturated carbocycles. The Labute approximate surface area is 382 Å². The van der Waals surface area contributed by atoms with Gasteiger partial charge in [-0.05, 0) is 70.6 Å². The minimum Gasteiger partial charge on any atom is -0.462 e. The molecule has 1 unspecified atom stereocenters. The summed E-state index contributed by atoms with van der Waals surface area (Å²) in [6.45, 7) is 2.41. The predicted molar refractivity (Wildman–Crippen MR) is 243 cm³/mol. The lowest BCUT2D eigenvalue weighted by atomic mass is 9.98. The molecular formula is C49H84O15. The Bertz CT molecular complexity index is 1300. The molecule has 370 valence electrons. The van der Waals surface area contributed by atoms with Gasteiger partial charge in [0.2, 0.25) is 0 Å². The maximum atomic E-state index is 13.0. The smallest absolute Gasteiger partial charge is 0.306 e. The van der Waals surface area contributed by atoms with Crippen LogP contribution in [0.4, 0.5) is 0 Å². The average molecular weight is 913 g/mol. The van der Waals surface area contributed by atoms with Gasteiger partial charge in [-0.1, -0.05) is 120 Å². The number of rotatable bonds is 36. The van der Waals surface area contributed by atoms with Crippen LogP contribution in [0.3, 0.4) is 0 Å². The number of allylic oxidation sites excluding steroid dienone is 8. The fraction of sp³-hybridized carbons (Fsp3) is 0.796. The third kappa shape index (κ3) is 24.8. The number of carbonyl (C=O) groups is 2. The molecule has 0 aromatic rings. The van der Waals surface area contributed by atoms with Crippen molar-refractivity contribution in [3.05, 3.63) is 48.6 Å². The van der Waals surface area contributed by atoms with E-state index in [1.54, 1.807) is 0 Å². The summed E-state index contributed by atoms with van der Waals surface area (Å²) in [6.07, 6.45) is 21.4. The highest BCUT2D eigenvalue weighted by Gasteiger charge is 2.47. The summed E-state index contributed by atoms with van der Waals surface area (Å²) in [7, 11) is 0. The zero-order valence-corrected chi connectivity index (χ0v) is 38.8. The number of esters is 2. The van der Waals surface area contributed by atoms with Crippen molar-refractivity contribution in [1.29, 1.82) is 0 Å². The van der Waals surface area contributed by atoms with Crippen molar-refractivity contribution < 1.29 is 73.8 Å². The molecule has 2 saturated heterocycles. The van der Waals surface area contributed by atoms with E-state index in [1.165, 1.54) is 25.7 Å². The molecule has 11 atom stereocenters. The van der Waals surface area contributed by atoms with Gasteiger partial charge in [0.25, 0.3) is 0 Å². The molecule has 15 heteroatoms. The predicted octanol–water partition coefficient (Wildman–Crippen LogP) is 5.93. The van der Waals surface area contributed by atoms with Crippen molar-refractivity contribution in [2.45, 2.75) is 223 Å². The molecule has 0 aliphatic carbocycles. The number of hydrogen-bond donors (Lipinski definition) is 7. The standard InChI is InChI=1S/C49H84O15/c1-3-5-7-9-11-13-15-17-18-20-22-24-26-28-30-32-41(52)62-37(34-59-40(51)31-29-27-25-23-21-19-16-14-12-10-8-6-4-2)35-60-48-47(58)45(56)43(54)39(64-48)36-61-49-46(57)44(55)42(53)38(33-50)63-49/h5,7,11,13-14,16-18,37-39,42-50,53-58H,3-4,6,8-10,12,15,19-36H2,1-2H3/b7-5-,13-11-,16-14-,18-17-/t37?,38-,39-,42+,43+,44+,45+,46-,47-,48-,49+/m1/s1. The second-order valence-corrected chi connectivity index (χ2v) is 16.9. The van der Waals surface area contributed by atoms with Crippen molar-refractivity contribution in [3.8, 4) is 0 Å². The zero-order chi connectivity index (χ0) is 46.8. The first kappa shape index (κ1) is 57.6. The summed E-state index contributed by atoms with van der Waals surface area (Å²) in [5.74, 6) is -0.959. The largest absolute Gasteiger partial charge is 0.462 e. The van der Waals surface area contributed by atoms with E-state index in [2.05, 4.69) is 62.5 Å². The molecule has 15 nitrogen and oxygen atoms in total. The Kier molecular flexibility index (Phi) is 32.9. The Balaban J connectivity index is 1.85. The SMILES string of the molecule is CC/C=C\C/C=C\C/C=C\CCCCCCCC(=O)OC(COC(=O)CCCCCCC/C=C\CCCCCC)CO[C@@H]1O[C@H](CO[C@H]2O[C@H](CO)[C@H](O)[C@H](O)[C@H]2O)[C@H](O)[C@H](O)[C@H]1O. The summed E-state index contributed by atoms with van der Waals surface area (Å²) in [4.78, 5) is 25.7. The quantitative estimate of drug-likeness (QED) is 0.0220. The Morgan fingerprint density at radius 3 is 1.56 bits per heavy atom.